The van der Waals surface area contributed by atoms with E-state index in [2.05, 4.69) is 31.4 Å². The molecular formula is C18H15BrFN5O2. The molecule has 3 aromatic rings. The second-order valence-electron chi connectivity index (χ2n) is 5.76. The van der Waals surface area contributed by atoms with Crippen molar-refractivity contribution in [2.24, 2.45) is 5.10 Å². The summed E-state index contributed by atoms with van der Waals surface area (Å²) in [5.41, 5.74) is 5.22. The van der Waals surface area contributed by atoms with Crippen LogP contribution in [0, 0.1) is 29.8 Å². The molecule has 0 saturated carbocycles. The average Bonchev–Trinajstić information content (AvgIpc) is 2.89. The number of nitrogens with one attached hydrogen (secondary N) is 1. The molecule has 0 aliphatic carbocycles. The maximum absolute atomic E-state index is 14.3. The molecule has 0 radical (unpaired) electrons. The Morgan fingerprint density at radius 3 is 2.81 bits per heavy atom. The Labute approximate surface area is 162 Å². The van der Waals surface area contributed by atoms with Crippen molar-refractivity contribution in [3.05, 3.63) is 80.0 Å². The van der Waals surface area contributed by atoms with Gasteiger partial charge in [-0.3, -0.25) is 15.5 Å². The first-order chi connectivity index (χ1) is 12.9. The van der Waals surface area contributed by atoms with Crippen LogP contribution in [0.15, 0.2) is 52.2 Å². The van der Waals surface area contributed by atoms with Gasteiger partial charge in [-0.1, -0.05) is 15.9 Å². The minimum Gasteiger partial charge on any atom is -0.315 e. The first-order valence-electron chi connectivity index (χ1n) is 7.91. The predicted octanol–water partition coefficient (Wildman–Crippen LogP) is 4.74. The average molecular weight is 432 g/mol. The Balaban J connectivity index is 1.89. The third-order valence-corrected chi connectivity index (χ3v) is 4.47. The van der Waals surface area contributed by atoms with Gasteiger partial charge in [0.2, 0.25) is 5.82 Å². The lowest BCUT2D eigenvalue weighted by atomic mass is 10.2. The van der Waals surface area contributed by atoms with E-state index in [0.717, 1.165) is 17.0 Å². The summed E-state index contributed by atoms with van der Waals surface area (Å²) in [7, 11) is 0. The molecule has 0 saturated heterocycles. The normalized spacial score (nSPS) is 11.1. The van der Waals surface area contributed by atoms with Crippen molar-refractivity contribution in [2.75, 3.05) is 5.43 Å². The molecule has 0 aliphatic rings. The second kappa shape index (κ2) is 7.67. The number of pyridine rings is 1. The lowest BCUT2D eigenvalue weighted by molar-refractivity contribution is -0.384. The summed E-state index contributed by atoms with van der Waals surface area (Å²) in [5, 5.41) is 15.0. The lowest BCUT2D eigenvalue weighted by Gasteiger charge is -2.11. The zero-order valence-corrected chi connectivity index (χ0v) is 16.1. The number of nitrogens with zero attached hydrogens (tertiary/aromatic N) is 4. The number of nitro groups is 1. The molecule has 27 heavy (non-hydrogen) atoms. The molecule has 0 spiro atoms. The summed E-state index contributed by atoms with van der Waals surface area (Å²) in [6.07, 6.45) is 2.96. The van der Waals surface area contributed by atoms with Crippen molar-refractivity contribution < 1.29 is 9.31 Å². The first-order valence-corrected chi connectivity index (χ1v) is 8.70. The topological polar surface area (TPSA) is 85.3 Å². The van der Waals surface area contributed by atoms with Gasteiger partial charge in [0.25, 0.3) is 0 Å². The van der Waals surface area contributed by atoms with Crippen LogP contribution in [0.3, 0.4) is 0 Å². The SMILES string of the molecule is Cc1cc(/C=N\Nc2ncccc2[N+](=O)[O-])c(C)n1-c1ccc(Br)cc1F. The third-order valence-electron chi connectivity index (χ3n) is 3.98. The molecule has 138 valence electrons. The van der Waals surface area contributed by atoms with Crippen LogP contribution in [-0.4, -0.2) is 20.7 Å². The molecule has 1 N–H and O–H groups in total. The van der Waals surface area contributed by atoms with E-state index in [1.807, 2.05) is 19.9 Å². The summed E-state index contributed by atoms with van der Waals surface area (Å²) in [4.78, 5) is 14.4. The van der Waals surface area contributed by atoms with Crippen molar-refractivity contribution in [1.29, 1.82) is 0 Å². The number of hydrogen-bond acceptors (Lipinski definition) is 5. The maximum Gasteiger partial charge on any atom is 0.313 e. The smallest absolute Gasteiger partial charge is 0.313 e. The highest BCUT2D eigenvalue weighted by atomic mass is 79.9. The summed E-state index contributed by atoms with van der Waals surface area (Å²) < 4.78 is 16.8. The molecule has 9 heteroatoms. The number of benzene rings is 1. The summed E-state index contributed by atoms with van der Waals surface area (Å²) in [5.74, 6) is -0.302. The van der Waals surface area contributed by atoms with Crippen LogP contribution in [-0.2, 0) is 0 Å². The number of anilines is 1. The first kappa shape index (κ1) is 18.7. The van der Waals surface area contributed by atoms with Crippen molar-refractivity contribution in [1.82, 2.24) is 9.55 Å². The van der Waals surface area contributed by atoms with Crippen LogP contribution in [0.4, 0.5) is 15.9 Å². The molecule has 1 aromatic carbocycles. The van der Waals surface area contributed by atoms with Gasteiger partial charge in [-0.05, 0) is 44.2 Å². The molecule has 0 fully saturated rings. The number of aryl methyl sites for hydroxylation is 1. The van der Waals surface area contributed by atoms with Gasteiger partial charge in [0.15, 0.2) is 0 Å². The molecule has 0 aliphatic heterocycles. The molecule has 7 nitrogen and oxygen atoms in total. The van der Waals surface area contributed by atoms with Gasteiger partial charge in [0, 0.05) is 33.7 Å². The molecule has 0 bridgehead atoms. The summed E-state index contributed by atoms with van der Waals surface area (Å²) >= 11 is 3.25. The lowest BCUT2D eigenvalue weighted by Crippen LogP contribution is -2.03. The van der Waals surface area contributed by atoms with E-state index < -0.39 is 4.92 Å². The quantitative estimate of drug-likeness (QED) is 0.358. The van der Waals surface area contributed by atoms with E-state index in [1.54, 1.807) is 16.7 Å². The van der Waals surface area contributed by atoms with Gasteiger partial charge in [-0.15, -0.1) is 0 Å². The van der Waals surface area contributed by atoms with Crippen LogP contribution < -0.4 is 5.43 Å². The molecule has 2 heterocycles. The molecule has 0 amide bonds. The van der Waals surface area contributed by atoms with Gasteiger partial charge in [-0.25, -0.2) is 9.37 Å². The van der Waals surface area contributed by atoms with Crippen molar-refractivity contribution in [3.8, 4) is 5.69 Å². The van der Waals surface area contributed by atoms with Crippen molar-refractivity contribution >= 4 is 33.6 Å². The van der Waals surface area contributed by atoms with Crippen LogP contribution in [0.25, 0.3) is 5.69 Å². The zero-order valence-electron chi connectivity index (χ0n) is 14.5. The molecule has 3 rings (SSSR count). The Morgan fingerprint density at radius 2 is 2.11 bits per heavy atom. The molecule has 0 atom stereocenters. The second-order valence-corrected chi connectivity index (χ2v) is 6.67. The molecule has 0 unspecified atom stereocenters. The fourth-order valence-corrected chi connectivity index (χ4v) is 3.08. The number of rotatable bonds is 5. The number of aromatic nitrogens is 2. The van der Waals surface area contributed by atoms with Crippen LogP contribution in [0.5, 0.6) is 0 Å². The minimum atomic E-state index is -0.535. The third kappa shape index (κ3) is 3.87. The van der Waals surface area contributed by atoms with Crippen LogP contribution in [0.1, 0.15) is 17.0 Å². The van der Waals surface area contributed by atoms with Gasteiger partial charge in [0.1, 0.15) is 5.82 Å². The highest BCUT2D eigenvalue weighted by molar-refractivity contribution is 9.10. The van der Waals surface area contributed by atoms with Crippen LogP contribution in [0.2, 0.25) is 0 Å². The summed E-state index contributed by atoms with van der Waals surface area (Å²) in [6, 6.07) is 9.54. The van der Waals surface area contributed by atoms with Gasteiger partial charge in [0.05, 0.1) is 16.8 Å². The van der Waals surface area contributed by atoms with E-state index in [1.165, 1.54) is 30.6 Å². The van der Waals surface area contributed by atoms with E-state index in [0.29, 0.717) is 10.2 Å². The highest BCUT2D eigenvalue weighted by Crippen LogP contribution is 2.25. The van der Waals surface area contributed by atoms with Gasteiger partial charge < -0.3 is 4.57 Å². The Hall–Kier alpha value is -3.07. The van der Waals surface area contributed by atoms with Gasteiger partial charge >= 0.3 is 5.69 Å². The zero-order chi connectivity index (χ0) is 19.6. The maximum atomic E-state index is 14.3. The Bertz CT molecular complexity index is 1050. The molecule has 2 aromatic heterocycles. The van der Waals surface area contributed by atoms with E-state index in [-0.39, 0.29) is 17.3 Å². The van der Waals surface area contributed by atoms with E-state index in [4.69, 9.17) is 0 Å². The molecular weight excluding hydrogens is 417 g/mol. The number of hydrogen-bond donors (Lipinski definition) is 1. The fraction of sp³-hybridized carbons (Fsp3) is 0.111. The monoisotopic (exact) mass is 431 g/mol. The van der Waals surface area contributed by atoms with E-state index >= 15 is 0 Å². The summed E-state index contributed by atoms with van der Waals surface area (Å²) in [6.45, 7) is 3.71. The Morgan fingerprint density at radius 1 is 1.33 bits per heavy atom. The van der Waals surface area contributed by atoms with Crippen LogP contribution >= 0.6 is 15.9 Å². The standard InChI is InChI=1S/C18H15BrFN5O2/c1-11-8-13(10-22-23-18-17(25(26)27)4-3-7-21-18)12(2)24(11)16-6-5-14(19)9-15(16)20/h3-10H,1-2H3,(H,21,23)/b22-10-. The van der Waals surface area contributed by atoms with Crippen molar-refractivity contribution in [3.63, 3.8) is 0 Å². The van der Waals surface area contributed by atoms with Crippen molar-refractivity contribution in [2.45, 2.75) is 13.8 Å². The number of halogens is 2. The number of hydrazone groups is 1. The largest absolute Gasteiger partial charge is 0.315 e. The predicted molar refractivity (Wildman–Crippen MR) is 105 cm³/mol. The van der Waals surface area contributed by atoms with E-state index in [9.17, 15) is 14.5 Å². The highest BCUT2D eigenvalue weighted by Gasteiger charge is 2.15. The minimum absolute atomic E-state index is 0.0477. The fourth-order valence-electron chi connectivity index (χ4n) is 2.74. The Kier molecular flexibility index (Phi) is 5.31. The van der Waals surface area contributed by atoms with Gasteiger partial charge in [-0.2, -0.15) is 5.10 Å².